The molecule has 0 heterocycles. The molecule has 0 bridgehead atoms. The van der Waals surface area contributed by atoms with Crippen molar-refractivity contribution in [2.45, 2.75) is 32.8 Å². The molecule has 5 heteroatoms. The van der Waals surface area contributed by atoms with E-state index in [4.69, 9.17) is 5.73 Å². The molecule has 0 aromatic heterocycles. The molecule has 4 nitrogen and oxygen atoms in total. The van der Waals surface area contributed by atoms with Crippen LogP contribution < -0.4 is 5.73 Å². The molecule has 0 spiro atoms. The summed E-state index contributed by atoms with van der Waals surface area (Å²) in [6.45, 7) is 6.01. The van der Waals surface area contributed by atoms with Crippen LogP contribution in [-0.2, 0) is 4.79 Å². The third kappa shape index (κ3) is 5.88. The quantitative estimate of drug-likeness (QED) is 0.651. The molecule has 0 aliphatic rings. The van der Waals surface area contributed by atoms with E-state index in [0.717, 1.165) is 0 Å². The molecule has 0 radical (unpaired) electrons. The fourth-order valence-electron chi connectivity index (χ4n) is 1.10. The molecule has 0 saturated carbocycles. The van der Waals surface area contributed by atoms with Crippen LogP contribution in [0.15, 0.2) is 0 Å². The third-order valence-electron chi connectivity index (χ3n) is 1.64. The van der Waals surface area contributed by atoms with Gasteiger partial charge in [0.05, 0.1) is 17.0 Å². The Kier molecular flexibility index (Phi) is 5.01. The number of rotatable bonds is 5. The fraction of sp³-hybridized carbons (Fsp3) is 0.778. The Hall–Kier alpha value is -0.680. The van der Waals surface area contributed by atoms with Crippen molar-refractivity contribution in [3.05, 3.63) is 0 Å². The SMILES string of the molecule is CCN(CC(C)(C)O)C(=O)CC(N)=S. The van der Waals surface area contributed by atoms with Crippen molar-refractivity contribution >= 4 is 23.1 Å². The molecule has 82 valence electrons. The molecule has 0 saturated heterocycles. The van der Waals surface area contributed by atoms with E-state index in [9.17, 15) is 9.90 Å². The standard InChI is InChI=1S/C9H18N2O2S/c1-4-11(6-9(2,3)13)8(12)5-7(10)14/h13H,4-6H2,1-3H3,(H2,10,14). The van der Waals surface area contributed by atoms with Gasteiger partial charge in [0, 0.05) is 13.1 Å². The van der Waals surface area contributed by atoms with Crippen LogP contribution in [0.1, 0.15) is 27.2 Å². The van der Waals surface area contributed by atoms with E-state index in [1.165, 1.54) is 0 Å². The number of aliphatic hydroxyl groups is 1. The lowest BCUT2D eigenvalue weighted by atomic mass is 10.1. The zero-order valence-electron chi connectivity index (χ0n) is 8.91. The summed E-state index contributed by atoms with van der Waals surface area (Å²) in [5.74, 6) is -0.137. The average Bonchev–Trinajstić information content (AvgIpc) is 1.96. The molecule has 1 amide bonds. The second-order valence-electron chi connectivity index (χ2n) is 3.86. The predicted octanol–water partition coefficient (Wildman–Crippen LogP) is 0.282. The van der Waals surface area contributed by atoms with Crippen molar-refractivity contribution in [1.82, 2.24) is 4.90 Å². The smallest absolute Gasteiger partial charge is 0.229 e. The van der Waals surface area contributed by atoms with Gasteiger partial charge in [0.25, 0.3) is 0 Å². The fourth-order valence-corrected chi connectivity index (χ4v) is 1.23. The lowest BCUT2D eigenvalue weighted by molar-refractivity contribution is -0.132. The molecule has 0 unspecified atom stereocenters. The number of hydrogen-bond donors (Lipinski definition) is 2. The highest BCUT2D eigenvalue weighted by atomic mass is 32.1. The van der Waals surface area contributed by atoms with Crippen molar-refractivity contribution < 1.29 is 9.90 Å². The number of amides is 1. The molecule has 0 aromatic rings. The van der Waals surface area contributed by atoms with Gasteiger partial charge in [0.2, 0.25) is 5.91 Å². The number of nitrogens with zero attached hydrogens (tertiary/aromatic N) is 1. The van der Waals surface area contributed by atoms with Crippen molar-refractivity contribution in [3.8, 4) is 0 Å². The second kappa shape index (κ2) is 5.26. The minimum atomic E-state index is -0.887. The van der Waals surface area contributed by atoms with E-state index in [-0.39, 0.29) is 17.3 Å². The molecular weight excluding hydrogens is 200 g/mol. The van der Waals surface area contributed by atoms with E-state index in [0.29, 0.717) is 13.1 Å². The largest absolute Gasteiger partial charge is 0.393 e. The monoisotopic (exact) mass is 218 g/mol. The number of thiocarbonyl (C=S) groups is 1. The minimum Gasteiger partial charge on any atom is -0.393 e. The molecule has 0 aliphatic heterocycles. The Morgan fingerprint density at radius 2 is 2.07 bits per heavy atom. The summed E-state index contributed by atoms with van der Waals surface area (Å²) in [5, 5.41) is 9.54. The minimum absolute atomic E-state index is 0.0687. The van der Waals surface area contributed by atoms with Gasteiger partial charge in [-0.05, 0) is 20.8 Å². The Labute approximate surface area is 90.1 Å². The van der Waals surface area contributed by atoms with Gasteiger partial charge in [-0.1, -0.05) is 12.2 Å². The maximum atomic E-state index is 11.5. The molecule has 14 heavy (non-hydrogen) atoms. The number of carbonyl (C=O) groups is 1. The van der Waals surface area contributed by atoms with Gasteiger partial charge < -0.3 is 15.7 Å². The van der Waals surface area contributed by atoms with Gasteiger partial charge in [0.15, 0.2) is 0 Å². The summed E-state index contributed by atoms with van der Waals surface area (Å²) in [6, 6.07) is 0. The lowest BCUT2D eigenvalue weighted by Gasteiger charge is -2.28. The molecule has 0 fully saturated rings. The highest BCUT2D eigenvalue weighted by Crippen LogP contribution is 2.06. The van der Waals surface area contributed by atoms with E-state index in [2.05, 4.69) is 12.2 Å². The van der Waals surface area contributed by atoms with E-state index >= 15 is 0 Å². The lowest BCUT2D eigenvalue weighted by Crippen LogP contribution is -2.43. The summed E-state index contributed by atoms with van der Waals surface area (Å²) in [7, 11) is 0. The van der Waals surface area contributed by atoms with Crippen LogP contribution in [0.5, 0.6) is 0 Å². The summed E-state index contributed by atoms with van der Waals surface area (Å²) in [5.41, 5.74) is 4.38. The van der Waals surface area contributed by atoms with Crippen molar-refractivity contribution in [2.24, 2.45) is 5.73 Å². The Morgan fingerprint density at radius 1 is 1.57 bits per heavy atom. The van der Waals surface area contributed by atoms with Crippen molar-refractivity contribution in [2.75, 3.05) is 13.1 Å². The second-order valence-corrected chi connectivity index (χ2v) is 4.39. The normalized spacial score (nSPS) is 11.1. The number of carbonyl (C=O) groups excluding carboxylic acids is 1. The van der Waals surface area contributed by atoms with Crippen LogP contribution in [0.25, 0.3) is 0 Å². The topological polar surface area (TPSA) is 66.6 Å². The van der Waals surface area contributed by atoms with Gasteiger partial charge in [-0.25, -0.2) is 0 Å². The van der Waals surface area contributed by atoms with Gasteiger partial charge in [-0.2, -0.15) is 0 Å². The highest BCUT2D eigenvalue weighted by molar-refractivity contribution is 7.80. The van der Waals surface area contributed by atoms with Crippen LogP contribution in [0, 0.1) is 0 Å². The van der Waals surface area contributed by atoms with Crippen molar-refractivity contribution in [1.29, 1.82) is 0 Å². The zero-order valence-corrected chi connectivity index (χ0v) is 9.73. The summed E-state index contributed by atoms with van der Waals surface area (Å²) in [4.78, 5) is 13.2. The first-order chi connectivity index (χ1) is 6.26. The molecular formula is C9H18N2O2S. The highest BCUT2D eigenvalue weighted by Gasteiger charge is 2.21. The number of nitrogens with two attached hydrogens (primary N) is 1. The van der Waals surface area contributed by atoms with Gasteiger partial charge in [-0.15, -0.1) is 0 Å². The van der Waals surface area contributed by atoms with Crippen LogP contribution in [-0.4, -0.2) is 39.6 Å². The van der Waals surface area contributed by atoms with Crippen LogP contribution in [0.4, 0.5) is 0 Å². The Bertz CT molecular complexity index is 223. The van der Waals surface area contributed by atoms with Gasteiger partial charge in [-0.3, -0.25) is 4.79 Å². The summed E-state index contributed by atoms with van der Waals surface area (Å²) in [6.07, 6.45) is 0.0687. The van der Waals surface area contributed by atoms with Crippen LogP contribution in [0.2, 0.25) is 0 Å². The number of hydrogen-bond acceptors (Lipinski definition) is 3. The zero-order chi connectivity index (χ0) is 11.4. The maximum absolute atomic E-state index is 11.5. The summed E-state index contributed by atoms with van der Waals surface area (Å²) >= 11 is 4.65. The van der Waals surface area contributed by atoms with Gasteiger partial charge in [0.1, 0.15) is 0 Å². The average molecular weight is 218 g/mol. The first-order valence-electron chi connectivity index (χ1n) is 4.54. The van der Waals surface area contributed by atoms with Crippen molar-refractivity contribution in [3.63, 3.8) is 0 Å². The molecule has 0 aromatic carbocycles. The maximum Gasteiger partial charge on any atom is 0.229 e. The molecule has 0 atom stereocenters. The molecule has 0 rings (SSSR count). The van der Waals surface area contributed by atoms with Crippen LogP contribution in [0.3, 0.4) is 0 Å². The van der Waals surface area contributed by atoms with E-state index < -0.39 is 5.60 Å². The Balaban J connectivity index is 4.27. The predicted molar refractivity (Wildman–Crippen MR) is 60.0 cm³/mol. The van der Waals surface area contributed by atoms with Gasteiger partial charge >= 0.3 is 0 Å². The molecule has 0 aliphatic carbocycles. The third-order valence-corrected chi connectivity index (χ3v) is 1.78. The van der Waals surface area contributed by atoms with E-state index in [1.54, 1.807) is 18.7 Å². The Morgan fingerprint density at radius 3 is 2.36 bits per heavy atom. The van der Waals surface area contributed by atoms with Crippen LogP contribution >= 0.6 is 12.2 Å². The first-order valence-corrected chi connectivity index (χ1v) is 4.95. The summed E-state index contributed by atoms with van der Waals surface area (Å²) < 4.78 is 0. The number of likely N-dealkylation sites (N-methyl/N-ethyl adjacent to an activating group) is 1. The first kappa shape index (κ1) is 13.3. The van der Waals surface area contributed by atoms with E-state index in [1.807, 2.05) is 6.92 Å². The molecule has 3 N–H and O–H groups in total.